The number of ether oxygens (including phenoxy) is 1. The third-order valence-electron chi connectivity index (χ3n) is 4.75. The fraction of sp³-hybridized carbons (Fsp3) is 0.381. The summed E-state index contributed by atoms with van der Waals surface area (Å²) >= 11 is 0. The second-order valence-corrected chi connectivity index (χ2v) is 6.38. The molecule has 0 aromatic heterocycles. The van der Waals surface area contributed by atoms with Gasteiger partial charge >= 0.3 is 0 Å². The van der Waals surface area contributed by atoms with Gasteiger partial charge in [0.1, 0.15) is 5.75 Å². The average molecular weight is 308 g/mol. The molecule has 1 saturated carbocycles. The van der Waals surface area contributed by atoms with Gasteiger partial charge in [0.15, 0.2) is 6.29 Å². The van der Waals surface area contributed by atoms with Crippen LogP contribution in [-0.2, 0) is 0 Å². The summed E-state index contributed by atoms with van der Waals surface area (Å²) in [6.07, 6.45) is 8.74. The van der Waals surface area contributed by atoms with Crippen molar-refractivity contribution < 1.29 is 9.53 Å². The van der Waals surface area contributed by atoms with Gasteiger partial charge in [-0.3, -0.25) is 4.79 Å². The van der Waals surface area contributed by atoms with E-state index in [2.05, 4.69) is 0 Å². The van der Waals surface area contributed by atoms with Crippen LogP contribution in [0.1, 0.15) is 48.9 Å². The summed E-state index contributed by atoms with van der Waals surface area (Å²) in [5.74, 6) is 1.50. The SMILES string of the molecule is O=Cc1cc(-c2ccccc2)ccc1OCCC1CCCCC1. The van der Waals surface area contributed by atoms with E-state index >= 15 is 0 Å². The van der Waals surface area contributed by atoms with Crippen molar-refractivity contribution >= 4 is 6.29 Å². The quantitative estimate of drug-likeness (QED) is 0.657. The lowest BCUT2D eigenvalue weighted by Crippen LogP contribution is -2.11. The largest absolute Gasteiger partial charge is 0.493 e. The highest BCUT2D eigenvalue weighted by Gasteiger charge is 2.13. The Hall–Kier alpha value is -2.09. The van der Waals surface area contributed by atoms with E-state index < -0.39 is 0 Å². The third kappa shape index (κ3) is 4.22. The highest BCUT2D eigenvalue weighted by molar-refractivity contribution is 5.83. The maximum absolute atomic E-state index is 11.4. The minimum atomic E-state index is 0.634. The van der Waals surface area contributed by atoms with Crippen LogP contribution in [0.5, 0.6) is 5.75 Å². The lowest BCUT2D eigenvalue weighted by Gasteiger charge is -2.21. The second kappa shape index (κ2) is 7.96. The van der Waals surface area contributed by atoms with E-state index in [-0.39, 0.29) is 0 Å². The Balaban J connectivity index is 1.64. The molecule has 0 spiro atoms. The zero-order valence-electron chi connectivity index (χ0n) is 13.5. The van der Waals surface area contributed by atoms with E-state index in [1.165, 1.54) is 32.1 Å². The van der Waals surface area contributed by atoms with Crippen molar-refractivity contribution in [3.05, 3.63) is 54.1 Å². The molecule has 0 saturated heterocycles. The lowest BCUT2D eigenvalue weighted by molar-refractivity contribution is 0.111. The van der Waals surface area contributed by atoms with Gasteiger partial charge < -0.3 is 4.74 Å². The van der Waals surface area contributed by atoms with E-state index in [0.29, 0.717) is 17.9 Å². The number of hydrogen-bond donors (Lipinski definition) is 0. The van der Waals surface area contributed by atoms with Gasteiger partial charge in [0, 0.05) is 0 Å². The minimum Gasteiger partial charge on any atom is -0.493 e. The van der Waals surface area contributed by atoms with E-state index in [9.17, 15) is 4.79 Å². The van der Waals surface area contributed by atoms with Gasteiger partial charge in [-0.2, -0.15) is 0 Å². The van der Waals surface area contributed by atoms with Crippen LogP contribution in [0.3, 0.4) is 0 Å². The first kappa shape index (κ1) is 15.8. The molecule has 0 amide bonds. The van der Waals surface area contributed by atoms with Crippen LogP contribution < -0.4 is 4.74 Å². The zero-order chi connectivity index (χ0) is 15.9. The molecule has 0 unspecified atom stereocenters. The van der Waals surface area contributed by atoms with Crippen molar-refractivity contribution in [2.24, 2.45) is 5.92 Å². The van der Waals surface area contributed by atoms with Gasteiger partial charge in [-0.05, 0) is 35.6 Å². The fourth-order valence-electron chi connectivity index (χ4n) is 3.39. The first-order valence-electron chi connectivity index (χ1n) is 8.64. The van der Waals surface area contributed by atoms with Gasteiger partial charge in [0.25, 0.3) is 0 Å². The molecule has 0 aliphatic heterocycles. The predicted octanol–water partition coefficient (Wildman–Crippen LogP) is 5.52. The first-order chi connectivity index (χ1) is 11.4. The molecule has 0 heterocycles. The summed E-state index contributed by atoms with van der Waals surface area (Å²) in [6.45, 7) is 0.705. The van der Waals surface area contributed by atoms with Crippen molar-refractivity contribution in [3.63, 3.8) is 0 Å². The Bertz CT molecular complexity index is 628. The van der Waals surface area contributed by atoms with Crippen molar-refractivity contribution in [1.29, 1.82) is 0 Å². The van der Waals surface area contributed by atoms with Crippen LogP contribution in [0.25, 0.3) is 11.1 Å². The average Bonchev–Trinajstić information content (AvgIpc) is 2.63. The highest BCUT2D eigenvalue weighted by Crippen LogP contribution is 2.28. The Morgan fingerprint density at radius 1 is 0.957 bits per heavy atom. The zero-order valence-corrected chi connectivity index (χ0v) is 13.5. The van der Waals surface area contributed by atoms with Gasteiger partial charge in [-0.25, -0.2) is 0 Å². The molecule has 0 atom stereocenters. The van der Waals surface area contributed by atoms with Gasteiger partial charge in [-0.15, -0.1) is 0 Å². The molecule has 0 bridgehead atoms. The molecule has 120 valence electrons. The number of rotatable bonds is 6. The minimum absolute atomic E-state index is 0.634. The van der Waals surface area contributed by atoms with Crippen molar-refractivity contribution in [1.82, 2.24) is 0 Å². The molecule has 0 radical (unpaired) electrons. The molecule has 2 nitrogen and oxygen atoms in total. The summed E-state index contributed by atoms with van der Waals surface area (Å²) < 4.78 is 5.89. The molecule has 1 aliphatic rings. The Morgan fingerprint density at radius 3 is 2.48 bits per heavy atom. The molecule has 2 heteroatoms. The Kier molecular flexibility index (Phi) is 5.46. The molecule has 1 fully saturated rings. The molecular formula is C21H24O2. The predicted molar refractivity (Wildman–Crippen MR) is 94.0 cm³/mol. The second-order valence-electron chi connectivity index (χ2n) is 6.38. The first-order valence-corrected chi connectivity index (χ1v) is 8.64. The summed E-state index contributed by atoms with van der Waals surface area (Å²) in [6, 6.07) is 16.0. The maximum atomic E-state index is 11.4. The van der Waals surface area contributed by atoms with Crippen molar-refractivity contribution in [2.45, 2.75) is 38.5 Å². The number of aldehydes is 1. The Labute approximate surface area is 138 Å². The number of carbonyl (C=O) groups excluding carboxylic acids is 1. The standard InChI is InChI=1S/C21H24O2/c22-16-20-15-19(18-9-5-2-6-10-18)11-12-21(20)23-14-13-17-7-3-1-4-8-17/h2,5-6,9-12,15-17H,1,3-4,7-8,13-14H2. The smallest absolute Gasteiger partial charge is 0.153 e. The van der Waals surface area contributed by atoms with E-state index in [1.807, 2.05) is 48.5 Å². The van der Waals surface area contributed by atoms with E-state index in [0.717, 1.165) is 29.8 Å². The van der Waals surface area contributed by atoms with Gasteiger partial charge in [0.05, 0.1) is 12.2 Å². The summed E-state index contributed by atoms with van der Waals surface area (Å²) in [4.78, 5) is 11.4. The molecule has 3 rings (SSSR count). The number of carbonyl (C=O) groups is 1. The Morgan fingerprint density at radius 2 is 1.74 bits per heavy atom. The van der Waals surface area contributed by atoms with E-state index in [4.69, 9.17) is 4.74 Å². The topological polar surface area (TPSA) is 26.3 Å². The molecule has 2 aromatic rings. The van der Waals surface area contributed by atoms with E-state index in [1.54, 1.807) is 0 Å². The van der Waals surface area contributed by atoms with Crippen molar-refractivity contribution in [2.75, 3.05) is 6.61 Å². The van der Waals surface area contributed by atoms with Crippen LogP contribution >= 0.6 is 0 Å². The molecule has 23 heavy (non-hydrogen) atoms. The summed E-state index contributed by atoms with van der Waals surface area (Å²) in [5, 5.41) is 0. The summed E-state index contributed by atoms with van der Waals surface area (Å²) in [5.41, 5.74) is 2.80. The third-order valence-corrected chi connectivity index (χ3v) is 4.75. The van der Waals surface area contributed by atoms with Gasteiger partial charge in [0.2, 0.25) is 0 Å². The van der Waals surface area contributed by atoms with Crippen LogP contribution in [0.15, 0.2) is 48.5 Å². The van der Waals surface area contributed by atoms with Crippen LogP contribution in [0, 0.1) is 5.92 Å². The summed E-state index contributed by atoms with van der Waals surface area (Å²) in [7, 11) is 0. The normalized spacial score (nSPS) is 15.3. The molecule has 2 aromatic carbocycles. The van der Waals surface area contributed by atoms with Crippen molar-refractivity contribution in [3.8, 4) is 16.9 Å². The van der Waals surface area contributed by atoms with Gasteiger partial charge in [-0.1, -0.05) is 68.5 Å². The highest BCUT2D eigenvalue weighted by atomic mass is 16.5. The lowest BCUT2D eigenvalue weighted by atomic mass is 9.87. The van der Waals surface area contributed by atoms with Crippen LogP contribution in [0.4, 0.5) is 0 Å². The maximum Gasteiger partial charge on any atom is 0.153 e. The van der Waals surface area contributed by atoms with Crippen LogP contribution in [0.2, 0.25) is 0 Å². The van der Waals surface area contributed by atoms with Crippen LogP contribution in [-0.4, -0.2) is 12.9 Å². The number of benzene rings is 2. The molecule has 1 aliphatic carbocycles. The fourth-order valence-corrected chi connectivity index (χ4v) is 3.39. The monoisotopic (exact) mass is 308 g/mol. The molecular weight excluding hydrogens is 284 g/mol. The molecule has 0 N–H and O–H groups in total. The number of hydrogen-bond acceptors (Lipinski definition) is 2.